The Morgan fingerprint density at radius 3 is 2.36 bits per heavy atom. The molecule has 5 rings (SSSR count). The summed E-state index contributed by atoms with van der Waals surface area (Å²) < 4.78 is 16.8. The van der Waals surface area contributed by atoms with Gasteiger partial charge in [-0.05, 0) is 41.7 Å². The highest BCUT2D eigenvalue weighted by Crippen LogP contribution is 2.47. The number of carbonyl (C=O) groups is 2. The fraction of sp³-hybridized carbons (Fsp3) is 0.429. The maximum atomic E-state index is 13.8. The maximum Gasteiger partial charge on any atom is 0.246 e. The van der Waals surface area contributed by atoms with Crippen molar-refractivity contribution in [2.75, 3.05) is 34.4 Å². The van der Waals surface area contributed by atoms with Crippen LogP contribution in [-0.2, 0) is 16.0 Å². The topological polar surface area (TPSA) is 84.1 Å². The molecule has 1 saturated heterocycles. The molecule has 3 heterocycles. The van der Waals surface area contributed by atoms with Gasteiger partial charge in [-0.25, -0.2) is 0 Å². The van der Waals surface area contributed by atoms with E-state index >= 15 is 0 Å². The zero-order valence-electron chi connectivity index (χ0n) is 21.5. The summed E-state index contributed by atoms with van der Waals surface area (Å²) in [7, 11) is 4.70. The van der Waals surface area contributed by atoms with Crippen LogP contribution in [0.3, 0.4) is 0 Å². The van der Waals surface area contributed by atoms with Crippen molar-refractivity contribution in [1.29, 1.82) is 0 Å². The molecule has 2 unspecified atom stereocenters. The smallest absolute Gasteiger partial charge is 0.246 e. The molecule has 0 bridgehead atoms. The summed E-state index contributed by atoms with van der Waals surface area (Å²) in [5, 5.41) is 1.07. The largest absolute Gasteiger partial charge is 0.493 e. The normalized spacial score (nSPS) is 19.5. The fourth-order valence-electron chi connectivity index (χ4n) is 5.53. The van der Waals surface area contributed by atoms with Gasteiger partial charge in [-0.3, -0.25) is 9.59 Å². The van der Waals surface area contributed by atoms with Crippen LogP contribution >= 0.6 is 0 Å². The monoisotopic (exact) mass is 491 g/mol. The standard InChI is InChI=1S/C28H33N3O5/c1-16(2)10-11-30-15-24(32)31-21(28(30)33)14-19-18-8-6-7-9-20(18)29-25(19)26(31)17-12-22(34-3)27(36-5)23(13-17)35-4/h6-9,12-13,16,21,26,29H,10-11,14-15H2,1-5H3. The van der Waals surface area contributed by atoms with E-state index in [4.69, 9.17) is 14.2 Å². The molecule has 1 N–H and O–H groups in total. The molecule has 1 aromatic heterocycles. The molecule has 190 valence electrons. The number of fused-ring (bicyclic) bond motifs is 4. The van der Waals surface area contributed by atoms with Crippen molar-refractivity contribution in [2.24, 2.45) is 5.92 Å². The minimum Gasteiger partial charge on any atom is -0.493 e. The van der Waals surface area contributed by atoms with Crippen LogP contribution in [-0.4, -0.2) is 67.1 Å². The lowest BCUT2D eigenvalue weighted by Gasteiger charge is -2.47. The van der Waals surface area contributed by atoms with Gasteiger partial charge in [0.2, 0.25) is 17.6 Å². The molecule has 36 heavy (non-hydrogen) atoms. The van der Waals surface area contributed by atoms with Crippen molar-refractivity contribution in [1.82, 2.24) is 14.8 Å². The number of carbonyl (C=O) groups excluding carboxylic acids is 2. The number of aromatic amines is 1. The van der Waals surface area contributed by atoms with Crippen LogP contribution in [0.1, 0.15) is 43.1 Å². The molecule has 2 amide bonds. The van der Waals surface area contributed by atoms with Gasteiger partial charge in [0.1, 0.15) is 6.04 Å². The Morgan fingerprint density at radius 2 is 1.72 bits per heavy atom. The van der Waals surface area contributed by atoms with Gasteiger partial charge in [-0.2, -0.15) is 0 Å². The van der Waals surface area contributed by atoms with E-state index in [-0.39, 0.29) is 18.4 Å². The molecule has 8 heteroatoms. The lowest BCUT2D eigenvalue weighted by Crippen LogP contribution is -2.63. The number of ether oxygens (including phenoxy) is 3. The number of amides is 2. The first-order valence-electron chi connectivity index (χ1n) is 12.4. The van der Waals surface area contributed by atoms with Crippen LogP contribution in [0, 0.1) is 5.92 Å². The molecule has 0 aliphatic carbocycles. The summed E-state index contributed by atoms with van der Waals surface area (Å²) in [5.41, 5.74) is 3.76. The number of methoxy groups -OCH3 is 3. The van der Waals surface area contributed by atoms with E-state index in [1.165, 1.54) is 0 Å². The Kier molecular flexibility index (Phi) is 6.28. The fourth-order valence-corrected chi connectivity index (χ4v) is 5.53. The minimum atomic E-state index is -0.575. The van der Waals surface area contributed by atoms with Gasteiger partial charge >= 0.3 is 0 Å². The summed E-state index contributed by atoms with van der Waals surface area (Å²) in [6.07, 6.45) is 1.34. The molecule has 2 aliphatic rings. The zero-order chi connectivity index (χ0) is 25.6. The van der Waals surface area contributed by atoms with Gasteiger partial charge in [0.15, 0.2) is 11.5 Å². The number of benzene rings is 2. The third-order valence-corrected chi connectivity index (χ3v) is 7.32. The highest BCUT2D eigenvalue weighted by Gasteiger charge is 2.48. The maximum absolute atomic E-state index is 13.8. The lowest BCUT2D eigenvalue weighted by molar-refractivity contribution is -0.158. The average Bonchev–Trinajstić information content (AvgIpc) is 3.26. The summed E-state index contributed by atoms with van der Waals surface area (Å²) in [4.78, 5) is 34.5. The number of hydrogen-bond acceptors (Lipinski definition) is 5. The van der Waals surface area contributed by atoms with Crippen LogP contribution < -0.4 is 14.2 Å². The Hall–Kier alpha value is -3.68. The van der Waals surface area contributed by atoms with Gasteiger partial charge in [0, 0.05) is 29.6 Å². The Balaban J connectivity index is 1.68. The van der Waals surface area contributed by atoms with Gasteiger partial charge < -0.3 is 29.0 Å². The molecule has 3 aromatic rings. The average molecular weight is 492 g/mol. The second-order valence-electron chi connectivity index (χ2n) is 9.89. The highest BCUT2D eigenvalue weighted by atomic mass is 16.5. The number of rotatable bonds is 7. The molecule has 0 saturated carbocycles. The number of H-pyrrole nitrogens is 1. The van der Waals surface area contributed by atoms with Crippen molar-refractivity contribution in [3.05, 3.63) is 53.2 Å². The van der Waals surface area contributed by atoms with Crippen molar-refractivity contribution in [2.45, 2.75) is 38.8 Å². The predicted molar refractivity (Wildman–Crippen MR) is 137 cm³/mol. The summed E-state index contributed by atoms with van der Waals surface area (Å²) in [5.74, 6) is 1.87. The van der Waals surface area contributed by atoms with Gasteiger partial charge in [0.05, 0.1) is 33.9 Å². The first-order valence-corrected chi connectivity index (χ1v) is 12.4. The lowest BCUT2D eigenvalue weighted by atomic mass is 9.86. The number of piperazine rings is 1. The van der Waals surface area contributed by atoms with Crippen LogP contribution in [0.5, 0.6) is 17.2 Å². The molecule has 8 nitrogen and oxygen atoms in total. The quantitative estimate of drug-likeness (QED) is 0.542. The van der Waals surface area contributed by atoms with Crippen LogP contribution in [0.25, 0.3) is 10.9 Å². The molecule has 2 aromatic carbocycles. The number of para-hydroxylation sites is 1. The first kappa shape index (κ1) is 24.0. The number of nitrogens with one attached hydrogen (secondary N) is 1. The first-order chi connectivity index (χ1) is 17.4. The molecule has 0 radical (unpaired) electrons. The molecule has 1 fully saturated rings. The van der Waals surface area contributed by atoms with Crippen LogP contribution in [0.2, 0.25) is 0 Å². The summed E-state index contributed by atoms with van der Waals surface area (Å²) in [6.45, 7) is 4.92. The zero-order valence-corrected chi connectivity index (χ0v) is 21.5. The van der Waals surface area contributed by atoms with E-state index < -0.39 is 12.1 Å². The molecule has 0 spiro atoms. The summed E-state index contributed by atoms with van der Waals surface area (Å²) in [6, 6.07) is 10.7. The van der Waals surface area contributed by atoms with Crippen molar-refractivity contribution >= 4 is 22.7 Å². The van der Waals surface area contributed by atoms with Crippen molar-refractivity contribution < 1.29 is 23.8 Å². The predicted octanol–water partition coefficient (Wildman–Crippen LogP) is 3.92. The molecular formula is C28H33N3O5. The van der Waals surface area contributed by atoms with E-state index in [2.05, 4.69) is 24.9 Å². The van der Waals surface area contributed by atoms with Gasteiger partial charge in [-0.1, -0.05) is 32.0 Å². The third kappa shape index (κ3) is 3.85. The number of hydrogen-bond donors (Lipinski definition) is 1. The van der Waals surface area contributed by atoms with E-state index in [1.807, 2.05) is 30.3 Å². The van der Waals surface area contributed by atoms with E-state index in [0.29, 0.717) is 36.1 Å². The minimum absolute atomic E-state index is 0.00335. The summed E-state index contributed by atoms with van der Waals surface area (Å²) >= 11 is 0. The molecular weight excluding hydrogens is 458 g/mol. The van der Waals surface area contributed by atoms with Gasteiger partial charge in [0.25, 0.3) is 0 Å². The Bertz CT molecular complexity index is 1290. The van der Waals surface area contributed by atoms with E-state index in [0.717, 1.165) is 34.1 Å². The number of aromatic nitrogens is 1. The van der Waals surface area contributed by atoms with Crippen LogP contribution in [0.4, 0.5) is 0 Å². The SMILES string of the molecule is COc1cc(C2c3[nH]c4ccccc4c3CC3C(=O)N(CCC(C)C)CC(=O)N32)cc(OC)c1OC. The Labute approximate surface area is 211 Å². The van der Waals surface area contributed by atoms with E-state index in [9.17, 15) is 9.59 Å². The van der Waals surface area contributed by atoms with Crippen molar-refractivity contribution in [3.63, 3.8) is 0 Å². The number of nitrogens with zero attached hydrogens (tertiary/aromatic N) is 2. The molecule has 2 aliphatic heterocycles. The van der Waals surface area contributed by atoms with Gasteiger partial charge in [-0.15, -0.1) is 0 Å². The van der Waals surface area contributed by atoms with Crippen molar-refractivity contribution in [3.8, 4) is 17.2 Å². The highest BCUT2D eigenvalue weighted by molar-refractivity contribution is 5.97. The third-order valence-electron chi connectivity index (χ3n) is 7.32. The van der Waals surface area contributed by atoms with E-state index in [1.54, 1.807) is 31.1 Å². The Morgan fingerprint density at radius 1 is 1.03 bits per heavy atom. The van der Waals surface area contributed by atoms with Crippen LogP contribution in [0.15, 0.2) is 36.4 Å². The second-order valence-corrected chi connectivity index (χ2v) is 9.89. The second kappa shape index (κ2) is 9.41. The molecule has 2 atom stereocenters.